The molecule has 3 heteroatoms. The van der Waals surface area contributed by atoms with Crippen molar-refractivity contribution in [1.82, 2.24) is 0 Å². The van der Waals surface area contributed by atoms with Gasteiger partial charge in [-0.2, -0.15) is 0 Å². The molecule has 0 bridgehead atoms. The van der Waals surface area contributed by atoms with Gasteiger partial charge in [0.05, 0.1) is 0 Å². The van der Waals surface area contributed by atoms with Gasteiger partial charge in [-0.05, 0) is 37.7 Å². The Balaban J connectivity index is 2.23. The fraction of sp³-hybridized carbons (Fsp3) is 0.600. The number of rotatable bonds is 0. The Bertz CT molecular complexity index is 419. The zero-order valence-electron chi connectivity index (χ0n) is 11.1. The maximum atomic E-state index is 11.8. The third kappa shape index (κ3) is 2.55. The van der Waals surface area contributed by atoms with Crippen molar-refractivity contribution >= 4 is 11.8 Å². The van der Waals surface area contributed by atoms with E-state index >= 15 is 0 Å². The van der Waals surface area contributed by atoms with Crippen molar-refractivity contribution in [3.05, 3.63) is 23.8 Å². The summed E-state index contributed by atoms with van der Waals surface area (Å²) in [6, 6.07) is 0. The van der Waals surface area contributed by atoms with Gasteiger partial charge >= 0.3 is 5.97 Å². The second-order valence-corrected chi connectivity index (χ2v) is 5.50. The summed E-state index contributed by atoms with van der Waals surface area (Å²) in [5, 5.41) is 0. The Morgan fingerprint density at radius 2 is 2.11 bits per heavy atom. The molecule has 0 aromatic heterocycles. The van der Waals surface area contributed by atoms with Gasteiger partial charge in [-0.3, -0.25) is 4.79 Å². The van der Waals surface area contributed by atoms with Gasteiger partial charge in [-0.1, -0.05) is 19.6 Å². The van der Waals surface area contributed by atoms with E-state index in [1.165, 1.54) is 0 Å². The van der Waals surface area contributed by atoms with Crippen LogP contribution in [0.1, 0.15) is 39.5 Å². The number of fused-ring (bicyclic) bond motifs is 1. The van der Waals surface area contributed by atoms with Crippen LogP contribution >= 0.6 is 0 Å². The molecule has 0 amide bonds. The molecule has 1 heterocycles. The summed E-state index contributed by atoms with van der Waals surface area (Å²) in [5.41, 5.74) is 1.36. The minimum Gasteiger partial charge on any atom is -0.458 e. The Hall–Kier alpha value is -1.38. The van der Waals surface area contributed by atoms with Crippen molar-refractivity contribution in [3.8, 4) is 0 Å². The number of ketones is 1. The highest BCUT2D eigenvalue weighted by Gasteiger charge is 2.38. The SMILES string of the molecule is C=C1C(=O)O[C@H]2C[C@@H](C)CCC(=O)/C(C)=C/C[C@@H]12. The first-order valence-corrected chi connectivity index (χ1v) is 6.58. The van der Waals surface area contributed by atoms with Crippen molar-refractivity contribution in [2.45, 2.75) is 45.6 Å². The van der Waals surface area contributed by atoms with Crippen molar-refractivity contribution in [1.29, 1.82) is 0 Å². The van der Waals surface area contributed by atoms with E-state index in [2.05, 4.69) is 13.5 Å². The van der Waals surface area contributed by atoms with Crippen LogP contribution in [-0.4, -0.2) is 17.9 Å². The summed E-state index contributed by atoms with van der Waals surface area (Å²) in [7, 11) is 0. The Labute approximate surface area is 108 Å². The molecule has 0 aromatic carbocycles. The number of carbonyl (C=O) groups excluding carboxylic acids is 2. The zero-order valence-corrected chi connectivity index (χ0v) is 11.1. The van der Waals surface area contributed by atoms with Gasteiger partial charge in [0, 0.05) is 17.9 Å². The van der Waals surface area contributed by atoms with Crippen LogP contribution in [-0.2, 0) is 14.3 Å². The van der Waals surface area contributed by atoms with Gasteiger partial charge in [0.25, 0.3) is 0 Å². The average Bonchev–Trinajstić information content (AvgIpc) is 2.58. The monoisotopic (exact) mass is 248 g/mol. The fourth-order valence-electron chi connectivity index (χ4n) is 2.68. The third-order valence-electron chi connectivity index (χ3n) is 4.03. The summed E-state index contributed by atoms with van der Waals surface area (Å²) < 4.78 is 5.39. The molecule has 2 aliphatic rings. The van der Waals surface area contributed by atoms with E-state index in [9.17, 15) is 9.59 Å². The molecule has 2 rings (SSSR count). The number of carbonyl (C=O) groups is 2. The van der Waals surface area contributed by atoms with E-state index in [4.69, 9.17) is 4.74 Å². The third-order valence-corrected chi connectivity index (χ3v) is 4.03. The Morgan fingerprint density at radius 3 is 2.83 bits per heavy atom. The van der Waals surface area contributed by atoms with Gasteiger partial charge in [-0.15, -0.1) is 0 Å². The van der Waals surface area contributed by atoms with E-state index < -0.39 is 0 Å². The molecule has 0 spiro atoms. The van der Waals surface area contributed by atoms with Crippen LogP contribution in [0.25, 0.3) is 0 Å². The topological polar surface area (TPSA) is 43.4 Å². The molecule has 1 fully saturated rings. The standard InChI is InChI=1S/C15H20O3/c1-9-4-7-13(16)10(2)5-6-12-11(3)15(17)18-14(12)8-9/h5,9,12,14H,3-4,6-8H2,1-2H3/b10-5+/t9-,12-,14-/m0/s1. The van der Waals surface area contributed by atoms with Crippen molar-refractivity contribution in [3.63, 3.8) is 0 Å². The lowest BCUT2D eigenvalue weighted by Gasteiger charge is -2.21. The van der Waals surface area contributed by atoms with Crippen LogP contribution in [0.4, 0.5) is 0 Å². The minimum atomic E-state index is -0.270. The second kappa shape index (κ2) is 5.09. The number of ether oxygens (including phenoxy) is 1. The van der Waals surface area contributed by atoms with E-state index in [-0.39, 0.29) is 23.8 Å². The minimum absolute atomic E-state index is 0.0424. The highest BCUT2D eigenvalue weighted by Crippen LogP contribution is 2.35. The normalized spacial score (nSPS) is 36.7. The Morgan fingerprint density at radius 1 is 1.39 bits per heavy atom. The maximum absolute atomic E-state index is 11.8. The van der Waals surface area contributed by atoms with E-state index in [1.807, 2.05) is 13.0 Å². The van der Waals surface area contributed by atoms with E-state index in [0.717, 1.165) is 18.4 Å². The van der Waals surface area contributed by atoms with Crippen molar-refractivity contribution in [2.24, 2.45) is 11.8 Å². The largest absolute Gasteiger partial charge is 0.458 e. The molecule has 3 nitrogen and oxygen atoms in total. The van der Waals surface area contributed by atoms with Crippen molar-refractivity contribution in [2.75, 3.05) is 0 Å². The number of hydrogen-bond acceptors (Lipinski definition) is 3. The quantitative estimate of drug-likeness (QED) is 0.489. The van der Waals surface area contributed by atoms with Gasteiger partial charge in [-0.25, -0.2) is 4.79 Å². The summed E-state index contributed by atoms with van der Waals surface area (Å²) in [4.78, 5) is 23.4. The van der Waals surface area contributed by atoms with Crippen LogP contribution < -0.4 is 0 Å². The van der Waals surface area contributed by atoms with Crippen LogP contribution in [0.3, 0.4) is 0 Å². The molecule has 3 atom stereocenters. The number of esters is 1. The summed E-state index contributed by atoms with van der Waals surface area (Å²) in [6.07, 6.45) is 4.84. The molecule has 1 saturated heterocycles. The Kier molecular flexibility index (Phi) is 3.69. The van der Waals surface area contributed by atoms with Crippen LogP contribution in [0, 0.1) is 11.8 Å². The first kappa shape index (κ1) is 13.1. The first-order chi connectivity index (χ1) is 8.49. The first-order valence-electron chi connectivity index (χ1n) is 6.58. The molecule has 98 valence electrons. The molecule has 0 saturated carbocycles. The molecule has 0 unspecified atom stereocenters. The van der Waals surface area contributed by atoms with Gasteiger partial charge < -0.3 is 4.74 Å². The lowest BCUT2D eigenvalue weighted by atomic mass is 9.84. The zero-order chi connectivity index (χ0) is 13.3. The molecule has 1 aliphatic heterocycles. The van der Waals surface area contributed by atoms with Crippen LogP contribution in [0.2, 0.25) is 0 Å². The fourth-order valence-corrected chi connectivity index (χ4v) is 2.68. The van der Waals surface area contributed by atoms with E-state index in [1.54, 1.807) is 0 Å². The second-order valence-electron chi connectivity index (χ2n) is 5.50. The summed E-state index contributed by atoms with van der Waals surface area (Å²) >= 11 is 0. The highest BCUT2D eigenvalue weighted by atomic mass is 16.6. The predicted octanol–water partition coefficient (Wildman–Crippen LogP) is 2.81. The van der Waals surface area contributed by atoms with Gasteiger partial charge in [0.1, 0.15) is 6.10 Å². The molecule has 0 N–H and O–H groups in total. The lowest BCUT2D eigenvalue weighted by Crippen LogP contribution is -2.21. The van der Waals surface area contributed by atoms with Gasteiger partial charge in [0.15, 0.2) is 5.78 Å². The molecular formula is C15H20O3. The van der Waals surface area contributed by atoms with Crippen LogP contribution in [0.5, 0.6) is 0 Å². The van der Waals surface area contributed by atoms with Crippen LogP contribution in [0.15, 0.2) is 23.8 Å². The molecular weight excluding hydrogens is 228 g/mol. The van der Waals surface area contributed by atoms with E-state index in [0.29, 0.717) is 24.3 Å². The number of allylic oxidation sites excluding steroid dienone is 2. The van der Waals surface area contributed by atoms with Crippen molar-refractivity contribution < 1.29 is 14.3 Å². The smallest absolute Gasteiger partial charge is 0.334 e. The highest BCUT2D eigenvalue weighted by molar-refractivity contribution is 5.95. The predicted molar refractivity (Wildman–Crippen MR) is 68.9 cm³/mol. The number of hydrogen-bond donors (Lipinski definition) is 0. The molecule has 18 heavy (non-hydrogen) atoms. The molecule has 0 radical (unpaired) electrons. The number of Topliss-reactive ketones (excluding diaryl/α,β-unsaturated/α-hetero) is 1. The molecule has 0 aromatic rings. The average molecular weight is 248 g/mol. The molecule has 1 aliphatic carbocycles. The lowest BCUT2D eigenvalue weighted by molar-refractivity contribution is -0.139. The van der Waals surface area contributed by atoms with Gasteiger partial charge in [0.2, 0.25) is 0 Å². The summed E-state index contributed by atoms with van der Waals surface area (Å²) in [6.45, 7) is 7.79. The summed E-state index contributed by atoms with van der Waals surface area (Å²) in [5.74, 6) is 0.386. The maximum Gasteiger partial charge on any atom is 0.334 e.